The van der Waals surface area contributed by atoms with Crippen LogP contribution < -0.4 is 4.31 Å². The highest BCUT2D eigenvalue weighted by Gasteiger charge is 2.39. The van der Waals surface area contributed by atoms with E-state index in [4.69, 9.17) is 0 Å². The van der Waals surface area contributed by atoms with Gasteiger partial charge in [-0.3, -0.25) is 9.10 Å². The Morgan fingerprint density at radius 3 is 2.56 bits per heavy atom. The van der Waals surface area contributed by atoms with Crippen LogP contribution >= 0.6 is 0 Å². The number of likely N-dealkylation sites (tertiary alicyclic amines) is 1. The summed E-state index contributed by atoms with van der Waals surface area (Å²) in [5, 5.41) is 1.63. The summed E-state index contributed by atoms with van der Waals surface area (Å²) < 4.78 is 27.4. The topological polar surface area (TPSA) is 57.7 Å². The first kappa shape index (κ1) is 17.0. The molecule has 2 heterocycles. The number of amides is 1. The molecule has 1 aliphatic carbocycles. The average Bonchev–Trinajstić information content (AvgIpc) is 2.91. The minimum absolute atomic E-state index is 0.0765. The number of carbonyl (C=O) groups excluding carboxylic acids is 1. The van der Waals surface area contributed by atoms with Gasteiger partial charge in [-0.15, -0.1) is 0 Å². The highest BCUT2D eigenvalue weighted by molar-refractivity contribution is 7.93. The van der Waals surface area contributed by atoms with Crippen molar-refractivity contribution in [3.05, 3.63) is 36.4 Å². The molecule has 1 amide bonds. The zero-order chi connectivity index (χ0) is 18.6. The van der Waals surface area contributed by atoms with Crippen molar-refractivity contribution in [2.24, 2.45) is 11.8 Å². The summed E-state index contributed by atoms with van der Waals surface area (Å²) in [7, 11) is -3.67. The van der Waals surface area contributed by atoms with Gasteiger partial charge in [-0.1, -0.05) is 43.5 Å². The van der Waals surface area contributed by atoms with Crippen LogP contribution in [0.2, 0.25) is 0 Å². The molecule has 0 spiro atoms. The van der Waals surface area contributed by atoms with Gasteiger partial charge in [0.1, 0.15) is 6.54 Å². The van der Waals surface area contributed by atoms with Crippen LogP contribution in [0.3, 0.4) is 0 Å². The number of anilines is 1. The molecule has 0 aromatic heterocycles. The molecule has 2 aromatic rings. The second kappa shape index (κ2) is 6.23. The molecule has 0 bridgehead atoms. The normalized spacial score (nSPS) is 26.2. The molecule has 27 heavy (non-hydrogen) atoms. The maximum atomic E-state index is 13.1. The van der Waals surface area contributed by atoms with Crippen molar-refractivity contribution in [3.8, 4) is 0 Å². The van der Waals surface area contributed by atoms with Gasteiger partial charge >= 0.3 is 0 Å². The van der Waals surface area contributed by atoms with Crippen molar-refractivity contribution < 1.29 is 13.2 Å². The van der Waals surface area contributed by atoms with Crippen molar-refractivity contribution in [1.29, 1.82) is 0 Å². The molecule has 2 aromatic carbocycles. The van der Waals surface area contributed by atoms with E-state index in [0.717, 1.165) is 36.2 Å². The van der Waals surface area contributed by atoms with Gasteiger partial charge in [0, 0.05) is 18.5 Å². The molecule has 6 heteroatoms. The van der Waals surface area contributed by atoms with E-state index in [2.05, 4.69) is 0 Å². The van der Waals surface area contributed by atoms with Crippen LogP contribution in [0, 0.1) is 11.8 Å². The van der Waals surface area contributed by atoms with Gasteiger partial charge < -0.3 is 4.90 Å². The van der Waals surface area contributed by atoms with E-state index in [1.165, 1.54) is 30.0 Å². The summed E-state index contributed by atoms with van der Waals surface area (Å²) in [4.78, 5) is 15.2. The van der Waals surface area contributed by atoms with Crippen LogP contribution in [-0.4, -0.2) is 38.9 Å². The summed E-state index contributed by atoms with van der Waals surface area (Å²) in [6, 6.07) is 10.9. The predicted molar refractivity (Wildman–Crippen MR) is 105 cm³/mol. The molecule has 142 valence electrons. The highest BCUT2D eigenvalue weighted by atomic mass is 32.2. The first-order valence-electron chi connectivity index (χ1n) is 9.88. The molecule has 5 rings (SSSR count). The van der Waals surface area contributed by atoms with Gasteiger partial charge in [0.25, 0.3) is 10.0 Å². The fraction of sp³-hybridized carbons (Fsp3) is 0.476. The molecular weight excluding hydrogens is 360 g/mol. The number of rotatable bonds is 2. The van der Waals surface area contributed by atoms with Crippen molar-refractivity contribution in [2.75, 3.05) is 23.9 Å². The van der Waals surface area contributed by atoms with Crippen LogP contribution in [0.5, 0.6) is 0 Å². The first-order chi connectivity index (χ1) is 13.1. The van der Waals surface area contributed by atoms with Crippen molar-refractivity contribution in [1.82, 2.24) is 4.90 Å². The van der Waals surface area contributed by atoms with E-state index in [1.807, 2.05) is 23.1 Å². The van der Waals surface area contributed by atoms with Crippen LogP contribution in [0.15, 0.2) is 41.3 Å². The molecule has 0 radical (unpaired) electrons. The number of hydrogen-bond donors (Lipinski definition) is 0. The maximum absolute atomic E-state index is 13.1. The standard InChI is InChI=1S/C21H24N2O3S/c24-20(22-12-11-15-5-1-2-6-17(15)13-22)14-23-18-9-3-7-16-8-4-10-19(21(16)18)27(23,25)26/h3-4,7-10,15,17H,1-2,5-6,11-14H2. The lowest BCUT2D eigenvalue weighted by Crippen LogP contribution is -2.48. The maximum Gasteiger partial charge on any atom is 0.265 e. The molecule has 1 saturated carbocycles. The monoisotopic (exact) mass is 384 g/mol. The number of hydrogen-bond acceptors (Lipinski definition) is 3. The fourth-order valence-corrected chi connectivity index (χ4v) is 6.84. The predicted octanol–water partition coefficient (Wildman–Crippen LogP) is 3.39. The largest absolute Gasteiger partial charge is 0.341 e. The third-order valence-electron chi connectivity index (χ3n) is 6.60. The van der Waals surface area contributed by atoms with Crippen LogP contribution in [0.1, 0.15) is 32.1 Å². The minimum Gasteiger partial charge on any atom is -0.341 e. The fourth-order valence-electron chi connectivity index (χ4n) is 5.18. The summed E-state index contributed by atoms with van der Waals surface area (Å²) in [5.74, 6) is 1.26. The lowest BCUT2D eigenvalue weighted by atomic mass is 9.75. The second-order valence-corrected chi connectivity index (χ2v) is 9.91. The van der Waals surface area contributed by atoms with Gasteiger partial charge in [0.05, 0.1) is 10.6 Å². The SMILES string of the molecule is O=C(CN1c2cccc3cccc(c23)S1(=O)=O)N1CCC2CCCCC2C1. The summed E-state index contributed by atoms with van der Waals surface area (Å²) in [5.41, 5.74) is 0.629. The number of fused-ring (bicyclic) bond motifs is 1. The van der Waals surface area contributed by atoms with Crippen molar-refractivity contribution in [2.45, 2.75) is 37.0 Å². The molecule has 2 aliphatic heterocycles. The van der Waals surface area contributed by atoms with E-state index in [0.29, 0.717) is 16.5 Å². The number of piperidine rings is 1. The molecule has 5 nitrogen and oxygen atoms in total. The Morgan fingerprint density at radius 2 is 1.74 bits per heavy atom. The van der Waals surface area contributed by atoms with Crippen LogP contribution in [0.25, 0.3) is 10.8 Å². The van der Waals surface area contributed by atoms with E-state index in [-0.39, 0.29) is 12.5 Å². The third kappa shape index (κ3) is 2.64. The van der Waals surface area contributed by atoms with Gasteiger partial charge in [-0.25, -0.2) is 8.42 Å². The third-order valence-corrected chi connectivity index (χ3v) is 8.41. The lowest BCUT2D eigenvalue weighted by molar-refractivity contribution is -0.132. The zero-order valence-corrected chi connectivity index (χ0v) is 16.1. The van der Waals surface area contributed by atoms with E-state index in [9.17, 15) is 13.2 Å². The Balaban J connectivity index is 1.41. The van der Waals surface area contributed by atoms with E-state index >= 15 is 0 Å². The Kier molecular flexibility index (Phi) is 3.93. The Morgan fingerprint density at radius 1 is 1.00 bits per heavy atom. The number of sulfonamides is 1. The molecule has 2 fully saturated rings. The van der Waals surface area contributed by atoms with Gasteiger partial charge in [-0.05, 0) is 42.2 Å². The van der Waals surface area contributed by atoms with Gasteiger partial charge in [-0.2, -0.15) is 0 Å². The molecule has 2 unspecified atom stereocenters. The molecule has 3 aliphatic rings. The second-order valence-electron chi connectivity index (χ2n) is 8.08. The van der Waals surface area contributed by atoms with Gasteiger partial charge in [0.15, 0.2) is 0 Å². The Bertz CT molecular complexity index is 1010. The Labute approximate surface area is 160 Å². The summed E-state index contributed by atoms with van der Waals surface area (Å²) in [6.45, 7) is 1.44. The number of benzene rings is 2. The smallest absolute Gasteiger partial charge is 0.265 e. The molecule has 1 saturated heterocycles. The minimum atomic E-state index is -3.67. The number of carbonyl (C=O) groups is 1. The Hall–Kier alpha value is -2.08. The number of nitrogens with zero attached hydrogens (tertiary/aromatic N) is 2. The summed E-state index contributed by atoms with van der Waals surface area (Å²) in [6.07, 6.45) is 6.09. The van der Waals surface area contributed by atoms with E-state index < -0.39 is 10.0 Å². The van der Waals surface area contributed by atoms with Crippen LogP contribution in [-0.2, 0) is 14.8 Å². The van der Waals surface area contributed by atoms with E-state index in [1.54, 1.807) is 18.2 Å². The quantitative estimate of drug-likeness (QED) is 0.797. The van der Waals surface area contributed by atoms with Crippen molar-refractivity contribution in [3.63, 3.8) is 0 Å². The van der Waals surface area contributed by atoms with Crippen LogP contribution in [0.4, 0.5) is 5.69 Å². The lowest BCUT2D eigenvalue weighted by Gasteiger charge is -2.41. The average molecular weight is 385 g/mol. The van der Waals surface area contributed by atoms with Gasteiger partial charge in [0.2, 0.25) is 5.91 Å². The van der Waals surface area contributed by atoms with Crippen molar-refractivity contribution >= 4 is 32.4 Å². The molecule has 2 atom stereocenters. The first-order valence-corrected chi connectivity index (χ1v) is 11.3. The highest BCUT2D eigenvalue weighted by Crippen LogP contribution is 2.42. The molecular formula is C21H24N2O3S. The zero-order valence-electron chi connectivity index (χ0n) is 15.3. The molecule has 0 N–H and O–H groups in total. The summed E-state index contributed by atoms with van der Waals surface area (Å²) >= 11 is 0.